The van der Waals surface area contributed by atoms with Gasteiger partial charge in [0.2, 0.25) is 0 Å². The van der Waals surface area contributed by atoms with Crippen molar-refractivity contribution in [2.75, 3.05) is 31.1 Å². The molecule has 3 aromatic rings. The van der Waals surface area contributed by atoms with Crippen LogP contribution in [0.3, 0.4) is 0 Å². The maximum atomic E-state index is 10.6. The van der Waals surface area contributed by atoms with Gasteiger partial charge in [0, 0.05) is 67.3 Å². The number of carbonyl (C=O) groups is 1. The minimum atomic E-state index is -5.08. The lowest BCUT2D eigenvalue weighted by molar-refractivity contribution is -0.192. The molecular weight excluding hydrogens is 407 g/mol. The van der Waals surface area contributed by atoms with Gasteiger partial charge in [0.25, 0.3) is 0 Å². The second-order valence-electron chi connectivity index (χ2n) is 6.49. The molecule has 156 valence electrons. The zero-order chi connectivity index (χ0) is 21.0. The van der Waals surface area contributed by atoms with Crippen LogP contribution in [-0.2, 0) is 11.3 Å². The molecule has 3 aromatic heterocycles. The second kappa shape index (κ2) is 8.78. The van der Waals surface area contributed by atoms with Crippen LogP contribution in [-0.4, -0.2) is 62.7 Å². The molecule has 0 bridgehead atoms. The van der Waals surface area contributed by atoms with E-state index in [1.165, 1.54) is 9.75 Å². The van der Waals surface area contributed by atoms with Gasteiger partial charge >= 0.3 is 12.1 Å². The highest BCUT2D eigenvalue weighted by Crippen LogP contribution is 2.21. The molecule has 1 fully saturated rings. The van der Waals surface area contributed by atoms with Gasteiger partial charge in [-0.2, -0.15) is 13.2 Å². The molecule has 0 atom stereocenters. The topological polar surface area (TPSA) is 74.0 Å². The van der Waals surface area contributed by atoms with Crippen LogP contribution in [0.5, 0.6) is 0 Å². The zero-order valence-corrected chi connectivity index (χ0v) is 16.4. The number of hydrogen-bond donors (Lipinski definition) is 1. The molecule has 0 aliphatic carbocycles. The maximum absolute atomic E-state index is 10.6. The van der Waals surface area contributed by atoms with E-state index in [2.05, 4.69) is 38.8 Å². The summed E-state index contributed by atoms with van der Waals surface area (Å²) >= 11 is 1.90. The van der Waals surface area contributed by atoms with Crippen molar-refractivity contribution in [2.45, 2.75) is 19.6 Å². The Bertz CT molecular complexity index is 964. The van der Waals surface area contributed by atoms with Crippen molar-refractivity contribution in [2.24, 2.45) is 0 Å². The molecule has 0 saturated carbocycles. The molecule has 1 aliphatic heterocycles. The molecule has 1 saturated heterocycles. The first kappa shape index (κ1) is 21.1. The normalized spacial score (nSPS) is 15.2. The summed E-state index contributed by atoms with van der Waals surface area (Å²) in [5.41, 5.74) is 0.949. The highest BCUT2D eigenvalue weighted by molar-refractivity contribution is 7.11. The van der Waals surface area contributed by atoms with Crippen molar-refractivity contribution >= 4 is 28.8 Å². The minimum absolute atomic E-state index is 0.949. The van der Waals surface area contributed by atoms with Gasteiger partial charge in [-0.25, -0.2) is 14.8 Å². The second-order valence-corrected chi connectivity index (χ2v) is 7.86. The third-order valence-electron chi connectivity index (χ3n) is 4.38. The first-order chi connectivity index (χ1) is 13.7. The highest BCUT2D eigenvalue weighted by atomic mass is 32.1. The number of piperazine rings is 1. The van der Waals surface area contributed by atoms with Crippen LogP contribution in [0.25, 0.3) is 5.65 Å². The number of aliphatic carboxylic acids is 1. The molecule has 11 heteroatoms. The van der Waals surface area contributed by atoms with Crippen LogP contribution >= 0.6 is 11.3 Å². The largest absolute Gasteiger partial charge is 0.490 e. The lowest BCUT2D eigenvalue weighted by atomic mass is 10.3. The number of fused-ring (bicyclic) bond motifs is 1. The van der Waals surface area contributed by atoms with Crippen molar-refractivity contribution in [3.05, 3.63) is 46.7 Å². The van der Waals surface area contributed by atoms with Crippen LogP contribution in [0.2, 0.25) is 0 Å². The van der Waals surface area contributed by atoms with Crippen LogP contribution in [0.4, 0.5) is 19.0 Å². The van der Waals surface area contributed by atoms with E-state index in [1.807, 2.05) is 40.5 Å². The minimum Gasteiger partial charge on any atom is -0.475 e. The first-order valence-corrected chi connectivity index (χ1v) is 9.66. The lowest BCUT2D eigenvalue weighted by Crippen LogP contribution is -2.46. The molecule has 0 unspecified atom stereocenters. The van der Waals surface area contributed by atoms with Crippen molar-refractivity contribution in [1.82, 2.24) is 19.3 Å². The molecule has 1 aliphatic rings. The van der Waals surface area contributed by atoms with Gasteiger partial charge in [-0.05, 0) is 19.1 Å². The van der Waals surface area contributed by atoms with Gasteiger partial charge in [-0.1, -0.05) is 0 Å². The fourth-order valence-corrected chi connectivity index (χ4v) is 3.90. The molecule has 0 aromatic carbocycles. The van der Waals surface area contributed by atoms with Crippen LogP contribution < -0.4 is 4.90 Å². The SMILES string of the molecule is Cc1ccc(CN2CCN(c3nccn4ccnc34)CC2)s1.O=C(O)C(F)(F)F. The van der Waals surface area contributed by atoms with Crippen LogP contribution in [0, 0.1) is 6.92 Å². The Labute approximate surface area is 169 Å². The highest BCUT2D eigenvalue weighted by Gasteiger charge is 2.38. The number of nitrogens with zero attached hydrogens (tertiary/aromatic N) is 5. The van der Waals surface area contributed by atoms with E-state index < -0.39 is 12.1 Å². The van der Waals surface area contributed by atoms with E-state index in [4.69, 9.17) is 9.90 Å². The van der Waals surface area contributed by atoms with Crippen molar-refractivity contribution in [3.8, 4) is 0 Å². The number of anilines is 1. The van der Waals surface area contributed by atoms with Gasteiger partial charge in [0.1, 0.15) is 0 Å². The molecule has 1 N–H and O–H groups in total. The third-order valence-corrected chi connectivity index (χ3v) is 5.37. The van der Waals surface area contributed by atoms with E-state index in [0.717, 1.165) is 44.2 Å². The Morgan fingerprint density at radius 1 is 1.14 bits per heavy atom. The molecule has 29 heavy (non-hydrogen) atoms. The molecule has 4 rings (SSSR count). The number of carboxylic acids is 1. The number of thiophene rings is 1. The summed E-state index contributed by atoms with van der Waals surface area (Å²) < 4.78 is 33.8. The monoisotopic (exact) mass is 427 g/mol. The van der Waals surface area contributed by atoms with Gasteiger partial charge in [-0.15, -0.1) is 11.3 Å². The Morgan fingerprint density at radius 2 is 1.76 bits per heavy atom. The quantitative estimate of drug-likeness (QED) is 0.693. The van der Waals surface area contributed by atoms with Crippen LogP contribution in [0.15, 0.2) is 36.9 Å². The smallest absolute Gasteiger partial charge is 0.475 e. The Hall–Kier alpha value is -2.66. The van der Waals surface area contributed by atoms with Gasteiger partial charge in [-0.3, -0.25) is 4.90 Å². The summed E-state index contributed by atoms with van der Waals surface area (Å²) in [6, 6.07) is 4.46. The number of carboxylic acid groups (broad SMARTS) is 1. The Balaban J connectivity index is 0.000000298. The summed E-state index contributed by atoms with van der Waals surface area (Å²) in [6.07, 6.45) is 2.51. The Kier molecular flexibility index (Phi) is 6.38. The van der Waals surface area contributed by atoms with Crippen molar-refractivity contribution in [1.29, 1.82) is 0 Å². The predicted molar refractivity (Wildman–Crippen MR) is 103 cm³/mol. The zero-order valence-electron chi connectivity index (χ0n) is 15.6. The number of hydrogen-bond acceptors (Lipinski definition) is 6. The van der Waals surface area contributed by atoms with Gasteiger partial charge in [0.15, 0.2) is 11.5 Å². The van der Waals surface area contributed by atoms with E-state index in [0.29, 0.717) is 0 Å². The molecule has 7 nitrogen and oxygen atoms in total. The standard InChI is InChI=1S/C16H19N5S.C2HF3O2/c1-13-2-3-14(22-13)12-19-8-10-21(11-9-19)16-15-17-4-6-20(15)7-5-18-16;3-2(4,5)1(6)7/h2-7H,8-12H2,1H3;(H,6,7). The first-order valence-electron chi connectivity index (χ1n) is 8.84. The third kappa shape index (κ3) is 5.45. The summed E-state index contributed by atoms with van der Waals surface area (Å²) in [4.78, 5) is 25.6. The van der Waals surface area contributed by atoms with Gasteiger partial charge in [0.05, 0.1) is 0 Å². The number of alkyl halides is 3. The molecule has 0 spiro atoms. The average Bonchev–Trinajstić information content (AvgIpc) is 3.30. The number of aromatic nitrogens is 3. The van der Waals surface area contributed by atoms with E-state index >= 15 is 0 Å². The average molecular weight is 427 g/mol. The summed E-state index contributed by atoms with van der Waals surface area (Å²) in [6.45, 7) is 7.38. The molecule has 0 amide bonds. The van der Waals surface area contributed by atoms with Crippen LogP contribution in [0.1, 0.15) is 9.75 Å². The van der Waals surface area contributed by atoms with Crippen molar-refractivity contribution in [3.63, 3.8) is 0 Å². The number of imidazole rings is 1. The molecule has 4 heterocycles. The van der Waals surface area contributed by atoms with E-state index in [1.54, 1.807) is 0 Å². The van der Waals surface area contributed by atoms with E-state index in [-0.39, 0.29) is 0 Å². The predicted octanol–water partition coefficient (Wildman–Crippen LogP) is 3.05. The maximum Gasteiger partial charge on any atom is 0.490 e. The van der Waals surface area contributed by atoms with E-state index in [9.17, 15) is 13.2 Å². The number of aryl methyl sites for hydroxylation is 1. The fourth-order valence-electron chi connectivity index (χ4n) is 2.97. The number of halogens is 3. The summed E-state index contributed by atoms with van der Waals surface area (Å²) in [7, 11) is 0. The molecular formula is C18H20F3N5O2S. The van der Waals surface area contributed by atoms with Crippen molar-refractivity contribution < 1.29 is 23.1 Å². The number of rotatable bonds is 3. The fraction of sp³-hybridized carbons (Fsp3) is 0.389. The Morgan fingerprint density at radius 3 is 2.31 bits per heavy atom. The summed E-state index contributed by atoms with van der Waals surface area (Å²) in [5.74, 6) is -1.76. The summed E-state index contributed by atoms with van der Waals surface area (Å²) in [5, 5.41) is 7.12. The molecule has 0 radical (unpaired) electrons. The lowest BCUT2D eigenvalue weighted by Gasteiger charge is -2.35. The van der Waals surface area contributed by atoms with Gasteiger partial charge < -0.3 is 14.4 Å².